The van der Waals surface area contributed by atoms with Crippen molar-refractivity contribution in [3.05, 3.63) is 65.9 Å². The number of carbonyl (C=O) groups excluding carboxylic acids is 2. The van der Waals surface area contributed by atoms with Crippen molar-refractivity contribution in [2.75, 3.05) is 34.8 Å². The largest absolute Gasteiger partial charge is 0.394 e. The number of hydrogen-bond donors (Lipinski definition) is 2. The van der Waals surface area contributed by atoms with E-state index in [1.165, 1.54) is 35.4 Å². The van der Waals surface area contributed by atoms with Crippen LogP contribution in [0.1, 0.15) is 36.9 Å². The molecule has 192 valence electrons. The molecule has 5 rings (SSSR count). The van der Waals surface area contributed by atoms with Crippen LogP contribution in [0.15, 0.2) is 48.7 Å². The lowest BCUT2D eigenvalue weighted by atomic mass is 9.98. The average Bonchev–Trinajstić information content (AvgIpc) is 2.94. The number of halogens is 3. The highest BCUT2D eigenvalue weighted by Gasteiger charge is 2.37. The number of alkyl halides is 2. The van der Waals surface area contributed by atoms with E-state index >= 15 is 4.39 Å². The molecule has 1 saturated heterocycles. The van der Waals surface area contributed by atoms with Gasteiger partial charge in [-0.2, -0.15) is 4.39 Å². The number of nitrogens with one attached hydrogen (secondary N) is 1. The topological polar surface area (TPSA) is 98.7 Å². The van der Waals surface area contributed by atoms with E-state index in [1.54, 1.807) is 30.0 Å². The first-order chi connectivity index (χ1) is 17.8. The van der Waals surface area contributed by atoms with Gasteiger partial charge in [-0.3, -0.25) is 14.6 Å². The first-order valence-corrected chi connectivity index (χ1v) is 11.8. The molecule has 2 aliphatic heterocycles. The second-order valence-corrected chi connectivity index (χ2v) is 9.04. The van der Waals surface area contributed by atoms with Gasteiger partial charge in [-0.05, 0) is 31.5 Å². The molecule has 8 nitrogen and oxygen atoms in total. The maximum Gasteiger partial charge on any atom is 0.263 e. The van der Waals surface area contributed by atoms with Gasteiger partial charge in [-0.15, -0.1) is 0 Å². The van der Waals surface area contributed by atoms with Gasteiger partial charge in [-0.1, -0.05) is 18.2 Å². The molecule has 0 saturated carbocycles. The van der Waals surface area contributed by atoms with Crippen molar-refractivity contribution >= 4 is 29.0 Å². The first-order valence-electron chi connectivity index (χ1n) is 11.8. The molecule has 2 amide bonds. The number of aromatic nitrogens is 2. The second kappa shape index (κ2) is 9.81. The highest BCUT2D eigenvalue weighted by molar-refractivity contribution is 6.09. The van der Waals surface area contributed by atoms with Crippen molar-refractivity contribution < 1.29 is 27.9 Å². The molecule has 37 heavy (non-hydrogen) atoms. The number of benzene rings is 1. The van der Waals surface area contributed by atoms with Crippen molar-refractivity contribution in [2.24, 2.45) is 0 Å². The van der Waals surface area contributed by atoms with Gasteiger partial charge in [0.2, 0.25) is 17.8 Å². The van der Waals surface area contributed by atoms with Crippen LogP contribution < -0.4 is 15.1 Å². The van der Waals surface area contributed by atoms with Crippen LogP contribution in [-0.4, -0.2) is 52.6 Å². The van der Waals surface area contributed by atoms with Crippen LogP contribution in [0.5, 0.6) is 0 Å². The molecule has 0 bridgehead atoms. The molecule has 3 aromatic rings. The molecular weight excluding hydrogens is 487 g/mol. The van der Waals surface area contributed by atoms with E-state index < -0.39 is 36.7 Å². The normalized spacial score (nSPS) is 18.7. The smallest absolute Gasteiger partial charge is 0.263 e. The lowest BCUT2D eigenvalue weighted by molar-refractivity contribution is -0.122. The fourth-order valence-electron chi connectivity index (χ4n) is 4.69. The summed E-state index contributed by atoms with van der Waals surface area (Å²) in [5, 5.41) is 12.2. The van der Waals surface area contributed by atoms with Crippen molar-refractivity contribution in [3.63, 3.8) is 0 Å². The van der Waals surface area contributed by atoms with Crippen molar-refractivity contribution in [1.29, 1.82) is 0 Å². The number of pyridine rings is 2. The standard InChI is InChI=1S/C26H24F3N5O3/c1-14-23-18(3-2-9-30-23)22-19(11-20(32-25(22)29)33-10-8-17(33)13-35)34(26(14)37)12-21(36)31-16-6-4-15(5-7-16)24(27)28/h2-7,9,11,14,17,24,35H,8,10,12-13H2,1H3,(H,31,36)/t14?,17-/m0/s1. The lowest BCUT2D eigenvalue weighted by Gasteiger charge is -2.41. The Morgan fingerprint density at radius 3 is 2.65 bits per heavy atom. The van der Waals surface area contributed by atoms with Gasteiger partial charge in [0, 0.05) is 35.6 Å². The van der Waals surface area contributed by atoms with Gasteiger partial charge in [0.25, 0.3) is 6.43 Å². The van der Waals surface area contributed by atoms with E-state index in [1.807, 2.05) is 0 Å². The number of rotatable bonds is 6. The van der Waals surface area contributed by atoms with Crippen LogP contribution in [0.2, 0.25) is 0 Å². The molecule has 0 spiro atoms. The van der Waals surface area contributed by atoms with Crippen LogP contribution in [-0.2, 0) is 9.59 Å². The summed E-state index contributed by atoms with van der Waals surface area (Å²) in [5.74, 6) is -2.40. The van der Waals surface area contributed by atoms with Crippen LogP contribution in [0.4, 0.5) is 30.4 Å². The number of fused-ring (bicyclic) bond motifs is 3. The van der Waals surface area contributed by atoms with Gasteiger partial charge < -0.3 is 20.2 Å². The van der Waals surface area contributed by atoms with Gasteiger partial charge in [0.1, 0.15) is 12.4 Å². The number of hydrogen-bond acceptors (Lipinski definition) is 6. The van der Waals surface area contributed by atoms with E-state index in [9.17, 15) is 23.5 Å². The van der Waals surface area contributed by atoms with Gasteiger partial charge in [-0.25, -0.2) is 13.8 Å². The highest BCUT2D eigenvalue weighted by Crippen LogP contribution is 2.43. The fraction of sp³-hybridized carbons (Fsp3) is 0.308. The molecule has 2 aliphatic rings. The van der Waals surface area contributed by atoms with E-state index in [4.69, 9.17) is 0 Å². The third-order valence-corrected chi connectivity index (χ3v) is 6.78. The summed E-state index contributed by atoms with van der Waals surface area (Å²) < 4.78 is 41.3. The van der Waals surface area contributed by atoms with E-state index in [-0.39, 0.29) is 41.0 Å². The van der Waals surface area contributed by atoms with Crippen molar-refractivity contribution in [3.8, 4) is 11.1 Å². The molecule has 1 fully saturated rings. The third-order valence-electron chi connectivity index (χ3n) is 6.78. The summed E-state index contributed by atoms with van der Waals surface area (Å²) in [7, 11) is 0. The Morgan fingerprint density at radius 2 is 2.00 bits per heavy atom. The van der Waals surface area contributed by atoms with Gasteiger partial charge >= 0.3 is 0 Å². The summed E-state index contributed by atoms with van der Waals surface area (Å²) >= 11 is 0. The van der Waals surface area contributed by atoms with Gasteiger partial charge in [0.05, 0.1) is 35.5 Å². The minimum Gasteiger partial charge on any atom is -0.394 e. The Balaban J connectivity index is 1.53. The maximum atomic E-state index is 15.6. The first kappa shape index (κ1) is 24.7. The molecule has 1 unspecified atom stereocenters. The van der Waals surface area contributed by atoms with Crippen LogP contribution in [0.3, 0.4) is 0 Å². The summed E-state index contributed by atoms with van der Waals surface area (Å²) in [6.07, 6.45) is -0.405. The fourth-order valence-corrected chi connectivity index (χ4v) is 4.69. The highest BCUT2D eigenvalue weighted by atomic mass is 19.3. The maximum absolute atomic E-state index is 15.6. The van der Waals surface area contributed by atoms with Crippen molar-refractivity contribution in [2.45, 2.75) is 31.7 Å². The van der Waals surface area contributed by atoms with Crippen molar-refractivity contribution in [1.82, 2.24) is 9.97 Å². The summed E-state index contributed by atoms with van der Waals surface area (Å²) in [6.45, 7) is 1.62. The Kier molecular flexibility index (Phi) is 6.55. The van der Waals surface area contributed by atoms with Crippen LogP contribution >= 0.6 is 0 Å². The predicted molar refractivity (Wildman–Crippen MR) is 131 cm³/mol. The molecule has 0 aliphatic carbocycles. The minimum atomic E-state index is -2.64. The number of carbonyl (C=O) groups is 2. The van der Waals surface area contributed by atoms with Crippen LogP contribution in [0.25, 0.3) is 11.1 Å². The minimum absolute atomic E-state index is 0.0553. The molecule has 2 atom stereocenters. The Morgan fingerprint density at radius 1 is 1.24 bits per heavy atom. The quantitative estimate of drug-likeness (QED) is 0.488. The zero-order chi connectivity index (χ0) is 26.3. The Labute approximate surface area is 210 Å². The summed E-state index contributed by atoms with van der Waals surface area (Å²) in [6, 6.07) is 9.73. The zero-order valence-electron chi connectivity index (χ0n) is 19.9. The number of aliphatic hydroxyl groups is 1. The molecule has 4 heterocycles. The Hall–Kier alpha value is -3.99. The van der Waals surface area contributed by atoms with E-state index in [0.29, 0.717) is 17.8 Å². The second-order valence-electron chi connectivity index (χ2n) is 9.04. The average molecular weight is 512 g/mol. The number of nitrogens with zero attached hydrogens (tertiary/aromatic N) is 4. The third kappa shape index (κ3) is 4.50. The SMILES string of the molecule is CC1C(=O)N(CC(=O)Nc2ccc(C(F)F)cc2)c2cc(N3CC[C@H]3CO)nc(F)c2-c2cccnc21. The number of aliphatic hydroxyl groups excluding tert-OH is 1. The molecule has 0 radical (unpaired) electrons. The molecule has 11 heteroatoms. The molecular formula is C26H24F3N5O3. The number of anilines is 3. The molecule has 2 N–H and O–H groups in total. The predicted octanol–water partition coefficient (Wildman–Crippen LogP) is 3.88. The van der Waals surface area contributed by atoms with E-state index in [0.717, 1.165) is 6.42 Å². The zero-order valence-corrected chi connectivity index (χ0v) is 19.9. The van der Waals surface area contributed by atoms with Crippen LogP contribution in [0, 0.1) is 5.95 Å². The molecule has 2 aromatic heterocycles. The molecule has 1 aromatic carbocycles. The van der Waals surface area contributed by atoms with E-state index in [2.05, 4.69) is 15.3 Å². The Bertz CT molecular complexity index is 1350. The lowest BCUT2D eigenvalue weighted by Crippen LogP contribution is -2.50. The summed E-state index contributed by atoms with van der Waals surface area (Å²) in [4.78, 5) is 38.0. The van der Waals surface area contributed by atoms with Gasteiger partial charge in [0.15, 0.2) is 0 Å². The number of amides is 2. The monoisotopic (exact) mass is 511 g/mol. The summed E-state index contributed by atoms with van der Waals surface area (Å²) in [5.41, 5.74) is 1.09.